The van der Waals surface area contributed by atoms with Crippen molar-refractivity contribution in [3.8, 4) is 0 Å². The molecule has 0 unspecified atom stereocenters. The van der Waals surface area contributed by atoms with Gasteiger partial charge in [0.05, 0.1) is 5.60 Å². The molecule has 5 nitrogen and oxygen atoms in total. The van der Waals surface area contributed by atoms with Crippen LogP contribution in [0, 0.1) is 18.7 Å². The molecule has 0 bridgehead atoms. The summed E-state index contributed by atoms with van der Waals surface area (Å²) < 4.78 is 13.1. The molecule has 0 aromatic heterocycles. The van der Waals surface area contributed by atoms with E-state index in [-0.39, 0.29) is 18.2 Å². The van der Waals surface area contributed by atoms with Gasteiger partial charge in [0.25, 0.3) is 0 Å². The fourth-order valence-electron chi connectivity index (χ4n) is 1.86. The van der Waals surface area contributed by atoms with Crippen molar-refractivity contribution >= 4 is 17.5 Å². The van der Waals surface area contributed by atoms with E-state index in [1.165, 1.54) is 12.1 Å². The Kier molecular flexibility index (Phi) is 6.05. The van der Waals surface area contributed by atoms with Gasteiger partial charge in [-0.25, -0.2) is 4.39 Å². The summed E-state index contributed by atoms with van der Waals surface area (Å²) in [6.07, 6.45) is 0.748. The number of aliphatic hydroxyl groups is 1. The highest BCUT2D eigenvalue weighted by Crippen LogP contribution is 2.19. The Morgan fingerprint density at radius 2 is 2.00 bits per heavy atom. The molecule has 2 amide bonds. The molecule has 0 aliphatic rings. The van der Waals surface area contributed by atoms with Crippen molar-refractivity contribution in [1.82, 2.24) is 5.32 Å². The number of hydrogen-bond donors (Lipinski definition) is 3. The smallest absolute Gasteiger partial charge is 0.313 e. The molecule has 0 aliphatic heterocycles. The summed E-state index contributed by atoms with van der Waals surface area (Å²) in [6.45, 7) is 7.07. The maximum Gasteiger partial charge on any atom is 0.313 e. The van der Waals surface area contributed by atoms with Crippen LogP contribution < -0.4 is 10.6 Å². The van der Waals surface area contributed by atoms with Gasteiger partial charge in [-0.3, -0.25) is 9.59 Å². The molecule has 122 valence electrons. The number of halogens is 1. The highest BCUT2D eigenvalue weighted by Gasteiger charge is 2.28. The first kappa shape index (κ1) is 18.1. The number of rotatable bonds is 5. The lowest BCUT2D eigenvalue weighted by Gasteiger charge is -2.29. The van der Waals surface area contributed by atoms with E-state index in [9.17, 15) is 19.1 Å². The number of carbonyl (C=O) groups excluding carboxylic acids is 2. The van der Waals surface area contributed by atoms with E-state index in [1.807, 2.05) is 13.8 Å². The number of nitrogens with one attached hydrogen (secondary N) is 2. The second-order valence-corrected chi connectivity index (χ2v) is 5.76. The molecule has 0 heterocycles. The Morgan fingerprint density at radius 3 is 2.59 bits per heavy atom. The molecular weight excluding hydrogens is 287 g/mol. The highest BCUT2D eigenvalue weighted by atomic mass is 19.1. The summed E-state index contributed by atoms with van der Waals surface area (Å²) in [5.74, 6) is -2.29. The molecule has 1 aromatic carbocycles. The first-order valence-electron chi connectivity index (χ1n) is 7.25. The van der Waals surface area contributed by atoms with Gasteiger partial charge < -0.3 is 15.7 Å². The summed E-state index contributed by atoms with van der Waals surface area (Å²) >= 11 is 0. The van der Waals surface area contributed by atoms with Crippen molar-refractivity contribution in [2.24, 2.45) is 5.92 Å². The van der Waals surface area contributed by atoms with Crippen LogP contribution in [0.5, 0.6) is 0 Å². The largest absolute Gasteiger partial charge is 0.388 e. The van der Waals surface area contributed by atoms with Crippen LogP contribution in [0.1, 0.15) is 32.8 Å². The van der Waals surface area contributed by atoms with Gasteiger partial charge in [0.15, 0.2) is 0 Å². The van der Waals surface area contributed by atoms with E-state index in [2.05, 4.69) is 10.6 Å². The van der Waals surface area contributed by atoms with E-state index in [4.69, 9.17) is 0 Å². The SMILES string of the molecule is CC[C@@H](C)[C@@](C)(O)CNC(=O)C(=O)Nc1cc(F)ccc1C. The van der Waals surface area contributed by atoms with Gasteiger partial charge in [-0.15, -0.1) is 0 Å². The zero-order chi connectivity index (χ0) is 16.9. The predicted molar refractivity (Wildman–Crippen MR) is 82.9 cm³/mol. The molecule has 0 fully saturated rings. The zero-order valence-corrected chi connectivity index (χ0v) is 13.4. The minimum Gasteiger partial charge on any atom is -0.388 e. The number of hydrogen-bond acceptors (Lipinski definition) is 3. The lowest BCUT2D eigenvalue weighted by molar-refractivity contribution is -0.137. The number of carbonyl (C=O) groups is 2. The molecule has 22 heavy (non-hydrogen) atoms. The summed E-state index contributed by atoms with van der Waals surface area (Å²) in [4.78, 5) is 23.6. The van der Waals surface area contributed by atoms with Crippen LogP contribution in [0.3, 0.4) is 0 Å². The van der Waals surface area contributed by atoms with Crippen LogP contribution in [-0.4, -0.2) is 29.1 Å². The fraction of sp³-hybridized carbons (Fsp3) is 0.500. The average molecular weight is 310 g/mol. The average Bonchev–Trinajstić information content (AvgIpc) is 2.47. The third-order valence-corrected chi connectivity index (χ3v) is 3.93. The van der Waals surface area contributed by atoms with Gasteiger partial charge >= 0.3 is 11.8 Å². The predicted octanol–water partition coefficient (Wildman–Crippen LogP) is 1.99. The monoisotopic (exact) mass is 310 g/mol. The van der Waals surface area contributed by atoms with E-state index in [1.54, 1.807) is 13.8 Å². The summed E-state index contributed by atoms with van der Waals surface area (Å²) in [5.41, 5.74) is -0.206. The van der Waals surface area contributed by atoms with Crippen molar-refractivity contribution in [1.29, 1.82) is 0 Å². The maximum absolute atomic E-state index is 13.1. The van der Waals surface area contributed by atoms with Crippen LogP contribution >= 0.6 is 0 Å². The van der Waals surface area contributed by atoms with Crippen molar-refractivity contribution in [2.45, 2.75) is 39.7 Å². The van der Waals surface area contributed by atoms with E-state index in [0.29, 0.717) is 5.56 Å². The third-order valence-electron chi connectivity index (χ3n) is 3.93. The van der Waals surface area contributed by atoms with Gasteiger partial charge in [-0.1, -0.05) is 26.3 Å². The van der Waals surface area contributed by atoms with Crippen LogP contribution in [0.4, 0.5) is 10.1 Å². The summed E-state index contributed by atoms with van der Waals surface area (Å²) in [7, 11) is 0. The topological polar surface area (TPSA) is 78.4 Å². The van der Waals surface area contributed by atoms with Crippen molar-refractivity contribution < 1.29 is 19.1 Å². The molecule has 1 rings (SSSR count). The molecule has 3 N–H and O–H groups in total. The normalized spacial score (nSPS) is 14.8. The lowest BCUT2D eigenvalue weighted by atomic mass is 9.89. The fourth-order valence-corrected chi connectivity index (χ4v) is 1.86. The lowest BCUT2D eigenvalue weighted by Crippen LogP contribution is -2.47. The number of anilines is 1. The summed E-state index contributed by atoms with van der Waals surface area (Å²) in [6, 6.07) is 3.93. The second-order valence-electron chi connectivity index (χ2n) is 5.76. The third kappa shape index (κ3) is 4.80. The van der Waals surface area contributed by atoms with Crippen molar-refractivity contribution in [3.05, 3.63) is 29.6 Å². The first-order chi connectivity index (χ1) is 10.2. The Labute approximate surface area is 129 Å². The molecule has 0 radical (unpaired) electrons. The van der Waals surface area contributed by atoms with Gasteiger partial charge in [0.2, 0.25) is 0 Å². The van der Waals surface area contributed by atoms with Crippen molar-refractivity contribution in [3.63, 3.8) is 0 Å². The van der Waals surface area contributed by atoms with Crippen LogP contribution in [-0.2, 0) is 9.59 Å². The quantitative estimate of drug-likeness (QED) is 0.728. The Balaban J connectivity index is 2.63. The number of amides is 2. The number of benzene rings is 1. The molecule has 0 saturated heterocycles. The minimum atomic E-state index is -1.10. The molecular formula is C16H23FN2O3. The van der Waals surface area contributed by atoms with Gasteiger partial charge in [0.1, 0.15) is 5.82 Å². The summed E-state index contributed by atoms with van der Waals surface area (Å²) in [5, 5.41) is 14.9. The van der Waals surface area contributed by atoms with Crippen LogP contribution in [0.25, 0.3) is 0 Å². The second kappa shape index (κ2) is 7.35. The molecule has 0 saturated carbocycles. The Bertz CT molecular complexity index is 558. The van der Waals surface area contributed by atoms with Gasteiger partial charge in [-0.05, 0) is 37.5 Å². The van der Waals surface area contributed by atoms with Gasteiger partial charge in [-0.2, -0.15) is 0 Å². The highest BCUT2D eigenvalue weighted by molar-refractivity contribution is 6.39. The van der Waals surface area contributed by atoms with E-state index in [0.717, 1.165) is 12.5 Å². The Hall–Kier alpha value is -1.95. The van der Waals surface area contributed by atoms with Gasteiger partial charge in [0, 0.05) is 12.2 Å². The number of aryl methyl sites for hydroxylation is 1. The minimum absolute atomic E-state index is 0.0266. The van der Waals surface area contributed by atoms with Crippen LogP contribution in [0.15, 0.2) is 18.2 Å². The molecule has 0 aliphatic carbocycles. The Morgan fingerprint density at radius 1 is 1.36 bits per heavy atom. The molecule has 6 heteroatoms. The van der Waals surface area contributed by atoms with Crippen LogP contribution in [0.2, 0.25) is 0 Å². The van der Waals surface area contributed by atoms with E-state index >= 15 is 0 Å². The first-order valence-corrected chi connectivity index (χ1v) is 7.25. The zero-order valence-electron chi connectivity index (χ0n) is 13.4. The molecule has 0 spiro atoms. The van der Waals surface area contributed by atoms with E-state index < -0.39 is 23.2 Å². The molecule has 1 aromatic rings. The van der Waals surface area contributed by atoms with Crippen molar-refractivity contribution in [2.75, 3.05) is 11.9 Å². The molecule has 2 atom stereocenters. The maximum atomic E-state index is 13.1. The standard InChI is InChI=1S/C16H23FN2O3/c1-5-11(3)16(4,22)9-18-14(20)15(21)19-13-8-12(17)7-6-10(13)2/h6-8,11,22H,5,9H2,1-4H3,(H,18,20)(H,19,21)/t11-,16+/m1/s1.